The first kappa shape index (κ1) is 11.1. The minimum absolute atomic E-state index is 0.189. The van der Waals surface area contributed by atoms with Crippen LogP contribution in [0.2, 0.25) is 0 Å². The molecule has 4 nitrogen and oxygen atoms in total. The van der Waals surface area contributed by atoms with E-state index in [-0.39, 0.29) is 6.01 Å². The molecule has 0 aliphatic heterocycles. The number of benzene rings is 1. The third-order valence-corrected chi connectivity index (χ3v) is 2.15. The third-order valence-electron chi connectivity index (χ3n) is 2.15. The molecule has 0 aliphatic rings. The Kier molecular flexibility index (Phi) is 3.01. The molecular formula is C13H11N3O. The Morgan fingerprint density at radius 2 is 1.88 bits per heavy atom. The van der Waals surface area contributed by atoms with Crippen LogP contribution in [0.25, 0.3) is 0 Å². The number of hydrogen-bond donors (Lipinski definition) is 0. The molecule has 0 saturated carbocycles. The summed E-state index contributed by atoms with van der Waals surface area (Å²) in [6.45, 7) is 3.98. The molecule has 0 amide bonds. The Bertz CT molecular complexity index is 567. The van der Waals surface area contributed by atoms with Gasteiger partial charge in [0.15, 0.2) is 0 Å². The molecule has 0 bridgehead atoms. The predicted octanol–water partition coefficient (Wildman–Crippen LogP) is 2.76. The van der Waals surface area contributed by atoms with Crippen LogP contribution in [0.4, 0.5) is 0 Å². The van der Waals surface area contributed by atoms with Crippen molar-refractivity contribution < 1.29 is 4.74 Å². The summed E-state index contributed by atoms with van der Waals surface area (Å²) in [4.78, 5) is 7.91. The Balaban J connectivity index is 2.28. The molecule has 2 aromatic rings. The number of rotatable bonds is 2. The summed E-state index contributed by atoms with van der Waals surface area (Å²) < 4.78 is 5.51. The van der Waals surface area contributed by atoms with Crippen LogP contribution in [0, 0.1) is 25.2 Å². The molecule has 1 heterocycles. The molecule has 84 valence electrons. The lowest BCUT2D eigenvalue weighted by Crippen LogP contribution is -1.94. The van der Waals surface area contributed by atoms with Gasteiger partial charge in [0, 0.05) is 6.20 Å². The molecule has 1 aromatic carbocycles. The van der Waals surface area contributed by atoms with Crippen molar-refractivity contribution in [1.82, 2.24) is 9.97 Å². The van der Waals surface area contributed by atoms with Crippen LogP contribution in [-0.4, -0.2) is 9.97 Å². The van der Waals surface area contributed by atoms with Crippen molar-refractivity contribution in [3.63, 3.8) is 0 Å². The van der Waals surface area contributed by atoms with E-state index in [2.05, 4.69) is 16.0 Å². The third kappa shape index (κ3) is 2.79. The summed E-state index contributed by atoms with van der Waals surface area (Å²) in [6, 6.07) is 9.52. The molecule has 0 saturated heterocycles. The molecule has 0 fully saturated rings. The summed E-state index contributed by atoms with van der Waals surface area (Å²) >= 11 is 0. The second-order valence-corrected chi connectivity index (χ2v) is 3.76. The summed E-state index contributed by atoms with van der Waals surface area (Å²) in [5.41, 5.74) is 2.51. The van der Waals surface area contributed by atoms with Crippen molar-refractivity contribution in [2.75, 3.05) is 0 Å². The number of aromatic nitrogens is 2. The van der Waals surface area contributed by atoms with Crippen LogP contribution in [0.5, 0.6) is 11.8 Å². The summed E-state index contributed by atoms with van der Waals surface area (Å²) in [7, 11) is 0. The summed E-state index contributed by atoms with van der Waals surface area (Å²) in [6.07, 6.45) is 1.50. The first-order valence-corrected chi connectivity index (χ1v) is 5.16. The van der Waals surface area contributed by atoms with E-state index in [1.165, 1.54) is 12.3 Å². The van der Waals surface area contributed by atoms with Crippen molar-refractivity contribution in [3.05, 3.63) is 47.3 Å². The molecule has 4 heteroatoms. The zero-order chi connectivity index (χ0) is 12.3. The van der Waals surface area contributed by atoms with Gasteiger partial charge in [0.05, 0.1) is 0 Å². The normalized spacial score (nSPS) is 9.71. The van der Waals surface area contributed by atoms with Crippen molar-refractivity contribution in [1.29, 1.82) is 5.26 Å². The summed E-state index contributed by atoms with van der Waals surface area (Å²) in [5.74, 6) is 0.678. The van der Waals surface area contributed by atoms with Gasteiger partial charge in [0.1, 0.15) is 17.5 Å². The smallest absolute Gasteiger partial charge is 0.323 e. The van der Waals surface area contributed by atoms with E-state index < -0.39 is 0 Å². The predicted molar refractivity (Wildman–Crippen MR) is 62.7 cm³/mol. The van der Waals surface area contributed by atoms with Crippen LogP contribution in [-0.2, 0) is 0 Å². The Hall–Kier alpha value is -2.41. The van der Waals surface area contributed by atoms with Crippen LogP contribution in [0.1, 0.15) is 16.8 Å². The highest BCUT2D eigenvalue weighted by Gasteiger charge is 2.03. The van der Waals surface area contributed by atoms with E-state index in [1.54, 1.807) is 0 Å². The van der Waals surface area contributed by atoms with Crippen LogP contribution < -0.4 is 4.74 Å². The number of hydrogen-bond acceptors (Lipinski definition) is 4. The van der Waals surface area contributed by atoms with Crippen molar-refractivity contribution in [2.24, 2.45) is 0 Å². The highest BCUT2D eigenvalue weighted by atomic mass is 16.5. The summed E-state index contributed by atoms with van der Waals surface area (Å²) in [5, 5.41) is 8.72. The van der Waals surface area contributed by atoms with Gasteiger partial charge in [0.2, 0.25) is 0 Å². The van der Waals surface area contributed by atoms with E-state index in [1.807, 2.05) is 32.0 Å². The fraction of sp³-hybridized carbons (Fsp3) is 0.154. The van der Waals surface area contributed by atoms with Crippen LogP contribution in [0.15, 0.2) is 30.5 Å². The number of aryl methyl sites for hydroxylation is 2. The Morgan fingerprint density at radius 1 is 1.18 bits per heavy atom. The topological polar surface area (TPSA) is 58.8 Å². The fourth-order valence-electron chi connectivity index (χ4n) is 1.55. The SMILES string of the molecule is Cc1cc(C)cc(Oc2nccc(C#N)n2)c1. The maximum atomic E-state index is 8.72. The first-order chi connectivity index (χ1) is 8.17. The molecule has 2 rings (SSSR count). The van der Waals surface area contributed by atoms with Gasteiger partial charge >= 0.3 is 6.01 Å². The molecule has 1 aromatic heterocycles. The molecular weight excluding hydrogens is 214 g/mol. The Labute approximate surface area is 99.5 Å². The Morgan fingerprint density at radius 3 is 2.53 bits per heavy atom. The van der Waals surface area contributed by atoms with E-state index in [0.29, 0.717) is 11.4 Å². The first-order valence-electron chi connectivity index (χ1n) is 5.16. The van der Waals surface area contributed by atoms with Crippen LogP contribution >= 0.6 is 0 Å². The van der Waals surface area contributed by atoms with E-state index in [9.17, 15) is 0 Å². The average Bonchev–Trinajstić information content (AvgIpc) is 2.28. The number of nitriles is 1. The maximum Gasteiger partial charge on any atom is 0.323 e. The van der Waals surface area contributed by atoms with E-state index >= 15 is 0 Å². The molecule has 17 heavy (non-hydrogen) atoms. The van der Waals surface area contributed by atoms with E-state index in [0.717, 1.165) is 11.1 Å². The van der Waals surface area contributed by atoms with Crippen molar-refractivity contribution in [3.8, 4) is 17.8 Å². The van der Waals surface area contributed by atoms with Crippen molar-refractivity contribution >= 4 is 0 Å². The second kappa shape index (κ2) is 4.62. The molecule has 0 spiro atoms. The monoisotopic (exact) mass is 225 g/mol. The van der Waals surface area contributed by atoms with Crippen molar-refractivity contribution in [2.45, 2.75) is 13.8 Å². The number of nitrogens with zero attached hydrogens (tertiary/aromatic N) is 3. The molecule has 0 N–H and O–H groups in total. The maximum absolute atomic E-state index is 8.72. The van der Waals surface area contributed by atoms with Gasteiger partial charge in [-0.3, -0.25) is 0 Å². The lowest BCUT2D eigenvalue weighted by molar-refractivity contribution is 0.440. The highest BCUT2D eigenvalue weighted by molar-refractivity contribution is 5.34. The standard InChI is InChI=1S/C13H11N3O/c1-9-5-10(2)7-12(6-9)17-13-15-4-3-11(8-14)16-13/h3-7H,1-2H3. The van der Waals surface area contributed by atoms with Crippen LogP contribution in [0.3, 0.4) is 0 Å². The molecule has 0 unspecified atom stereocenters. The zero-order valence-electron chi connectivity index (χ0n) is 9.64. The van der Waals surface area contributed by atoms with E-state index in [4.69, 9.17) is 10.00 Å². The van der Waals surface area contributed by atoms with Gasteiger partial charge in [-0.2, -0.15) is 10.2 Å². The lowest BCUT2D eigenvalue weighted by Gasteiger charge is -2.05. The number of ether oxygens (including phenoxy) is 1. The minimum atomic E-state index is 0.189. The average molecular weight is 225 g/mol. The van der Waals surface area contributed by atoms with Gasteiger partial charge < -0.3 is 4.74 Å². The van der Waals surface area contributed by atoms with Gasteiger partial charge in [0.25, 0.3) is 0 Å². The zero-order valence-corrected chi connectivity index (χ0v) is 9.64. The lowest BCUT2D eigenvalue weighted by atomic mass is 10.1. The van der Waals surface area contributed by atoms with Gasteiger partial charge in [-0.25, -0.2) is 4.98 Å². The highest BCUT2D eigenvalue weighted by Crippen LogP contribution is 2.20. The van der Waals surface area contributed by atoms with Gasteiger partial charge in [-0.1, -0.05) is 6.07 Å². The largest absolute Gasteiger partial charge is 0.424 e. The quantitative estimate of drug-likeness (QED) is 0.788. The second-order valence-electron chi connectivity index (χ2n) is 3.76. The fourth-order valence-corrected chi connectivity index (χ4v) is 1.55. The minimum Gasteiger partial charge on any atom is -0.424 e. The van der Waals surface area contributed by atoms with Gasteiger partial charge in [-0.15, -0.1) is 0 Å². The molecule has 0 atom stereocenters. The molecule has 0 aliphatic carbocycles. The van der Waals surface area contributed by atoms with Gasteiger partial charge in [-0.05, 0) is 43.2 Å². The molecule has 0 radical (unpaired) electrons.